The topological polar surface area (TPSA) is 26.0 Å². The first-order valence-electron chi connectivity index (χ1n) is 5.47. The van der Waals surface area contributed by atoms with Gasteiger partial charge in [0.15, 0.2) is 0 Å². The number of nitrogens with two attached hydrogens (primary N) is 1. The molecule has 0 bridgehead atoms. The van der Waals surface area contributed by atoms with Crippen LogP contribution in [0.2, 0.25) is 5.02 Å². The molecule has 0 radical (unpaired) electrons. The van der Waals surface area contributed by atoms with Crippen molar-refractivity contribution in [3.8, 4) is 0 Å². The zero-order valence-corrected chi connectivity index (χ0v) is 11.0. The molecule has 0 saturated heterocycles. The third kappa shape index (κ3) is 3.69. The molecule has 0 atom stereocenters. The Labute approximate surface area is 111 Å². The standard InChI is InChI=1S/C14H14ClNS/c15-13-10-12(6-7-14(13)16)17-9-8-11-4-2-1-3-5-11/h1-7,10H,8-9,16H2. The lowest BCUT2D eigenvalue weighted by Crippen LogP contribution is -1.89. The zero-order chi connectivity index (χ0) is 12.1. The summed E-state index contributed by atoms with van der Waals surface area (Å²) < 4.78 is 0. The van der Waals surface area contributed by atoms with E-state index in [2.05, 4.69) is 24.3 Å². The minimum atomic E-state index is 0.634. The van der Waals surface area contributed by atoms with Gasteiger partial charge in [-0.15, -0.1) is 11.8 Å². The minimum Gasteiger partial charge on any atom is -0.398 e. The number of anilines is 1. The van der Waals surface area contributed by atoms with E-state index in [1.165, 1.54) is 10.5 Å². The molecule has 0 aliphatic carbocycles. The molecule has 2 N–H and O–H groups in total. The van der Waals surface area contributed by atoms with E-state index in [0.29, 0.717) is 10.7 Å². The van der Waals surface area contributed by atoms with E-state index in [-0.39, 0.29) is 0 Å². The molecule has 0 aliphatic rings. The summed E-state index contributed by atoms with van der Waals surface area (Å²) in [5.74, 6) is 1.05. The SMILES string of the molecule is Nc1ccc(SCCc2ccccc2)cc1Cl. The van der Waals surface area contributed by atoms with Crippen molar-refractivity contribution >= 4 is 29.1 Å². The van der Waals surface area contributed by atoms with E-state index in [0.717, 1.165) is 12.2 Å². The molecule has 0 heterocycles. The number of hydrogen-bond donors (Lipinski definition) is 1. The fraction of sp³-hybridized carbons (Fsp3) is 0.143. The van der Waals surface area contributed by atoms with Gasteiger partial charge in [-0.2, -0.15) is 0 Å². The summed E-state index contributed by atoms with van der Waals surface area (Å²) in [6.45, 7) is 0. The highest BCUT2D eigenvalue weighted by Crippen LogP contribution is 2.26. The van der Waals surface area contributed by atoms with Crippen molar-refractivity contribution in [3.05, 3.63) is 59.1 Å². The van der Waals surface area contributed by atoms with Crippen molar-refractivity contribution < 1.29 is 0 Å². The van der Waals surface area contributed by atoms with Crippen molar-refractivity contribution in [1.82, 2.24) is 0 Å². The van der Waals surface area contributed by atoms with Gasteiger partial charge in [-0.25, -0.2) is 0 Å². The Morgan fingerprint density at radius 2 is 1.82 bits per heavy atom. The van der Waals surface area contributed by atoms with Crippen LogP contribution < -0.4 is 5.73 Å². The van der Waals surface area contributed by atoms with Gasteiger partial charge < -0.3 is 5.73 Å². The van der Waals surface area contributed by atoms with Crippen molar-refractivity contribution in [1.29, 1.82) is 0 Å². The molecule has 2 aromatic rings. The summed E-state index contributed by atoms with van der Waals surface area (Å²) in [6.07, 6.45) is 1.06. The number of halogens is 1. The number of benzene rings is 2. The molecular weight excluding hydrogens is 250 g/mol. The second-order valence-corrected chi connectivity index (χ2v) is 5.34. The van der Waals surface area contributed by atoms with Crippen LogP contribution in [0.4, 0.5) is 5.69 Å². The number of aryl methyl sites for hydroxylation is 1. The van der Waals surface area contributed by atoms with E-state index >= 15 is 0 Å². The molecule has 2 aromatic carbocycles. The molecule has 0 aliphatic heterocycles. The summed E-state index contributed by atoms with van der Waals surface area (Å²) in [5, 5.41) is 0.634. The highest BCUT2D eigenvalue weighted by atomic mass is 35.5. The van der Waals surface area contributed by atoms with Gasteiger partial charge in [0, 0.05) is 10.6 Å². The highest BCUT2D eigenvalue weighted by Gasteiger charge is 1.99. The Hall–Kier alpha value is -1.12. The molecule has 0 spiro atoms. The van der Waals surface area contributed by atoms with Gasteiger partial charge in [0.25, 0.3) is 0 Å². The van der Waals surface area contributed by atoms with Gasteiger partial charge >= 0.3 is 0 Å². The van der Waals surface area contributed by atoms with Gasteiger partial charge in [0.05, 0.1) is 10.7 Å². The molecule has 0 saturated carbocycles. The van der Waals surface area contributed by atoms with Crippen molar-refractivity contribution in [2.45, 2.75) is 11.3 Å². The fourth-order valence-electron chi connectivity index (χ4n) is 1.53. The van der Waals surface area contributed by atoms with Crippen molar-refractivity contribution in [3.63, 3.8) is 0 Å². The summed E-state index contributed by atoms with van der Waals surface area (Å²) in [5.41, 5.74) is 7.67. The monoisotopic (exact) mass is 263 g/mol. The maximum atomic E-state index is 5.97. The average Bonchev–Trinajstić information content (AvgIpc) is 2.35. The van der Waals surface area contributed by atoms with Crippen molar-refractivity contribution in [2.75, 3.05) is 11.5 Å². The predicted molar refractivity (Wildman–Crippen MR) is 76.7 cm³/mol. The lowest BCUT2D eigenvalue weighted by atomic mass is 10.2. The molecule has 3 heteroatoms. The maximum Gasteiger partial charge on any atom is 0.0646 e. The summed E-state index contributed by atoms with van der Waals surface area (Å²) >= 11 is 7.77. The predicted octanol–water partition coefficient (Wildman–Crippen LogP) is 4.26. The Balaban J connectivity index is 1.88. The van der Waals surface area contributed by atoms with E-state index < -0.39 is 0 Å². The molecule has 17 heavy (non-hydrogen) atoms. The van der Waals surface area contributed by atoms with E-state index in [4.69, 9.17) is 17.3 Å². The first-order valence-corrected chi connectivity index (χ1v) is 6.84. The van der Waals surface area contributed by atoms with Gasteiger partial charge in [0.2, 0.25) is 0 Å². The maximum absolute atomic E-state index is 5.97. The van der Waals surface area contributed by atoms with Crippen LogP contribution in [0.15, 0.2) is 53.4 Å². The Morgan fingerprint density at radius 3 is 2.53 bits per heavy atom. The molecule has 88 valence electrons. The van der Waals surface area contributed by atoms with Gasteiger partial charge in [-0.1, -0.05) is 41.9 Å². The number of nitrogen functional groups attached to an aromatic ring is 1. The average molecular weight is 264 g/mol. The quantitative estimate of drug-likeness (QED) is 0.659. The van der Waals surface area contributed by atoms with Gasteiger partial charge in [0.1, 0.15) is 0 Å². The first kappa shape index (κ1) is 12.3. The Kier molecular flexibility index (Phi) is 4.35. The normalized spacial score (nSPS) is 10.4. The van der Waals surface area contributed by atoms with Crippen LogP contribution in [-0.4, -0.2) is 5.75 Å². The molecular formula is C14H14ClNS. The van der Waals surface area contributed by atoms with Crippen LogP contribution in [-0.2, 0) is 6.42 Å². The third-order valence-electron chi connectivity index (χ3n) is 2.47. The van der Waals surface area contributed by atoms with Crippen LogP contribution in [0, 0.1) is 0 Å². The van der Waals surface area contributed by atoms with E-state index in [9.17, 15) is 0 Å². The second-order valence-electron chi connectivity index (χ2n) is 3.77. The highest BCUT2D eigenvalue weighted by molar-refractivity contribution is 7.99. The summed E-state index contributed by atoms with van der Waals surface area (Å²) in [7, 11) is 0. The van der Waals surface area contributed by atoms with Crippen molar-refractivity contribution in [2.24, 2.45) is 0 Å². The van der Waals surface area contributed by atoms with Crippen LogP contribution in [0.25, 0.3) is 0 Å². The molecule has 1 nitrogen and oxygen atoms in total. The fourth-order valence-corrected chi connectivity index (χ4v) is 2.71. The largest absolute Gasteiger partial charge is 0.398 e. The van der Waals surface area contributed by atoms with E-state index in [1.807, 2.05) is 24.3 Å². The van der Waals surface area contributed by atoms with E-state index in [1.54, 1.807) is 11.8 Å². The number of thioether (sulfide) groups is 1. The second kappa shape index (κ2) is 5.99. The summed E-state index contributed by atoms with van der Waals surface area (Å²) in [6, 6.07) is 16.3. The van der Waals surface area contributed by atoms with Crippen LogP contribution in [0.5, 0.6) is 0 Å². The van der Waals surface area contributed by atoms with Crippen LogP contribution in [0.3, 0.4) is 0 Å². The minimum absolute atomic E-state index is 0.634. The Morgan fingerprint density at radius 1 is 1.06 bits per heavy atom. The van der Waals surface area contributed by atoms with Crippen LogP contribution in [0.1, 0.15) is 5.56 Å². The summed E-state index contributed by atoms with van der Waals surface area (Å²) in [4.78, 5) is 1.17. The third-order valence-corrected chi connectivity index (χ3v) is 3.80. The number of rotatable bonds is 4. The molecule has 2 rings (SSSR count). The zero-order valence-electron chi connectivity index (χ0n) is 9.40. The van der Waals surface area contributed by atoms with Gasteiger partial charge in [-0.05, 0) is 30.2 Å². The lowest BCUT2D eigenvalue weighted by molar-refractivity contribution is 1.15. The molecule has 0 amide bonds. The first-order chi connectivity index (χ1) is 8.25. The van der Waals surface area contributed by atoms with Gasteiger partial charge in [-0.3, -0.25) is 0 Å². The molecule has 0 fully saturated rings. The van der Waals surface area contributed by atoms with Crippen LogP contribution >= 0.6 is 23.4 Å². The Bertz CT molecular complexity index is 485. The molecule has 0 unspecified atom stereocenters. The lowest BCUT2D eigenvalue weighted by Gasteiger charge is -2.04. The number of hydrogen-bond acceptors (Lipinski definition) is 2. The molecule has 0 aromatic heterocycles. The smallest absolute Gasteiger partial charge is 0.0646 e.